The van der Waals surface area contributed by atoms with E-state index in [1.165, 1.54) is 32.0 Å². The second kappa shape index (κ2) is 8.66. The van der Waals surface area contributed by atoms with E-state index in [0.717, 1.165) is 5.06 Å². The zero-order chi connectivity index (χ0) is 21.0. The van der Waals surface area contributed by atoms with Gasteiger partial charge in [-0.05, 0) is 33.3 Å². The Labute approximate surface area is 162 Å². The Morgan fingerprint density at radius 3 is 2.04 bits per heavy atom. The third kappa shape index (κ3) is 3.89. The van der Waals surface area contributed by atoms with E-state index in [1.807, 2.05) is 0 Å². The maximum Gasteiger partial charge on any atom is 0.336 e. The predicted octanol–water partition coefficient (Wildman–Crippen LogP) is 3.06. The number of rotatable bonds is 6. The molecule has 0 bridgehead atoms. The first-order valence-corrected chi connectivity index (χ1v) is 8.73. The largest absolute Gasteiger partial charge is 0.463 e. The monoisotopic (exact) mass is 390 g/mol. The summed E-state index contributed by atoms with van der Waals surface area (Å²) in [5.74, 6) is -2.45. The highest BCUT2D eigenvalue weighted by molar-refractivity contribution is 5.99. The van der Waals surface area contributed by atoms with Crippen molar-refractivity contribution in [3.63, 3.8) is 0 Å². The molecule has 1 N–H and O–H groups in total. The molecule has 0 unspecified atom stereocenters. The molecule has 0 amide bonds. The van der Waals surface area contributed by atoms with E-state index in [2.05, 4.69) is 0 Å². The van der Waals surface area contributed by atoms with E-state index >= 15 is 0 Å². The average Bonchev–Trinajstić information content (AvgIpc) is 2.66. The van der Waals surface area contributed by atoms with Crippen LogP contribution in [0.1, 0.15) is 39.2 Å². The van der Waals surface area contributed by atoms with Crippen LogP contribution in [0.25, 0.3) is 0 Å². The molecule has 0 aromatic heterocycles. The molecule has 0 saturated carbocycles. The summed E-state index contributed by atoms with van der Waals surface area (Å²) < 4.78 is 10.2. The number of hydrogen-bond donors (Lipinski definition) is 1. The summed E-state index contributed by atoms with van der Waals surface area (Å²) >= 11 is 0. The molecule has 1 aliphatic heterocycles. The second-order valence-electron chi connectivity index (χ2n) is 6.04. The fraction of sp³-hybridized carbons (Fsp3) is 0.368. The molecule has 0 atom stereocenters. The molecular formula is C19H22N2O7. The molecule has 150 valence electrons. The molecule has 28 heavy (non-hydrogen) atoms. The van der Waals surface area contributed by atoms with Gasteiger partial charge in [0.15, 0.2) is 0 Å². The molecule has 0 saturated heterocycles. The molecule has 1 aromatic carbocycles. The van der Waals surface area contributed by atoms with Crippen molar-refractivity contribution < 1.29 is 29.2 Å². The van der Waals surface area contributed by atoms with Crippen molar-refractivity contribution in [2.75, 3.05) is 13.2 Å². The summed E-state index contributed by atoms with van der Waals surface area (Å²) in [5.41, 5.74) is 0.510. The minimum absolute atomic E-state index is 0.0125. The highest BCUT2D eigenvalue weighted by Gasteiger charge is 2.40. The van der Waals surface area contributed by atoms with Crippen molar-refractivity contribution in [3.05, 3.63) is 62.5 Å². The van der Waals surface area contributed by atoms with Crippen LogP contribution in [0.15, 0.2) is 46.8 Å². The number of carbonyl (C=O) groups is 2. The maximum absolute atomic E-state index is 12.7. The fourth-order valence-corrected chi connectivity index (χ4v) is 3.14. The lowest BCUT2D eigenvalue weighted by Crippen LogP contribution is -2.34. The molecule has 0 spiro atoms. The summed E-state index contributed by atoms with van der Waals surface area (Å²) in [7, 11) is 0. The number of carbonyl (C=O) groups excluding carboxylic acids is 2. The van der Waals surface area contributed by atoms with Gasteiger partial charge < -0.3 is 9.47 Å². The van der Waals surface area contributed by atoms with Gasteiger partial charge in [0, 0.05) is 12.1 Å². The first-order valence-electron chi connectivity index (χ1n) is 8.73. The average molecular weight is 390 g/mol. The third-order valence-corrected chi connectivity index (χ3v) is 4.40. The molecule has 9 heteroatoms. The Morgan fingerprint density at radius 2 is 1.61 bits per heavy atom. The number of nitrogens with zero attached hydrogens (tertiary/aromatic N) is 2. The number of ether oxygens (including phenoxy) is 2. The van der Waals surface area contributed by atoms with Crippen LogP contribution in [0, 0.1) is 10.1 Å². The van der Waals surface area contributed by atoms with Crippen LogP contribution in [-0.2, 0) is 19.1 Å². The number of hydroxylamine groups is 2. The predicted molar refractivity (Wildman–Crippen MR) is 98.1 cm³/mol. The normalized spacial score (nSPS) is 15.0. The van der Waals surface area contributed by atoms with Gasteiger partial charge in [0.25, 0.3) is 5.69 Å². The summed E-state index contributed by atoms with van der Waals surface area (Å²) in [6, 6.07) is 5.64. The molecule has 1 aliphatic rings. The van der Waals surface area contributed by atoms with Crippen molar-refractivity contribution in [1.82, 2.24) is 5.06 Å². The molecule has 2 rings (SSSR count). The fourth-order valence-electron chi connectivity index (χ4n) is 3.14. The number of hydrogen-bond acceptors (Lipinski definition) is 8. The van der Waals surface area contributed by atoms with E-state index in [9.17, 15) is 24.9 Å². The van der Waals surface area contributed by atoms with Crippen LogP contribution < -0.4 is 0 Å². The topological polar surface area (TPSA) is 119 Å². The number of benzene rings is 1. The second-order valence-corrected chi connectivity index (χ2v) is 6.04. The lowest BCUT2D eigenvalue weighted by Gasteiger charge is -2.34. The first kappa shape index (κ1) is 21.1. The Bertz CT molecular complexity index is 831. The molecule has 0 fully saturated rings. The van der Waals surface area contributed by atoms with Crippen LogP contribution in [0.5, 0.6) is 0 Å². The number of nitro groups is 1. The number of non-ortho nitro benzene ring substituents is 1. The van der Waals surface area contributed by atoms with E-state index in [-0.39, 0.29) is 41.4 Å². The minimum Gasteiger partial charge on any atom is -0.463 e. The van der Waals surface area contributed by atoms with Crippen molar-refractivity contribution in [2.45, 2.75) is 33.6 Å². The Hall–Kier alpha value is -3.20. The smallest absolute Gasteiger partial charge is 0.336 e. The van der Waals surface area contributed by atoms with Gasteiger partial charge in [-0.25, -0.2) is 14.7 Å². The lowest BCUT2D eigenvalue weighted by atomic mass is 9.80. The molecule has 0 aliphatic carbocycles. The van der Waals surface area contributed by atoms with Gasteiger partial charge in [0.2, 0.25) is 0 Å². The van der Waals surface area contributed by atoms with E-state index in [4.69, 9.17) is 9.47 Å². The van der Waals surface area contributed by atoms with Gasteiger partial charge >= 0.3 is 11.9 Å². The van der Waals surface area contributed by atoms with Crippen LogP contribution in [0.2, 0.25) is 0 Å². The summed E-state index contributed by atoms with van der Waals surface area (Å²) in [6.07, 6.45) is 0. The summed E-state index contributed by atoms with van der Waals surface area (Å²) in [4.78, 5) is 36.0. The number of esters is 2. The van der Waals surface area contributed by atoms with Crippen LogP contribution in [0.4, 0.5) is 5.69 Å². The van der Waals surface area contributed by atoms with E-state index in [1.54, 1.807) is 19.9 Å². The molecule has 9 nitrogen and oxygen atoms in total. The van der Waals surface area contributed by atoms with Crippen molar-refractivity contribution in [2.24, 2.45) is 0 Å². The zero-order valence-electron chi connectivity index (χ0n) is 16.1. The molecule has 0 radical (unpaired) electrons. The van der Waals surface area contributed by atoms with E-state index in [0.29, 0.717) is 5.56 Å². The van der Waals surface area contributed by atoms with Gasteiger partial charge in [-0.2, -0.15) is 0 Å². The summed E-state index contributed by atoms with van der Waals surface area (Å²) in [6.45, 7) is 6.43. The molecule has 1 heterocycles. The van der Waals surface area contributed by atoms with Gasteiger partial charge in [0.05, 0.1) is 46.6 Å². The van der Waals surface area contributed by atoms with Crippen LogP contribution in [-0.4, -0.2) is 40.3 Å². The van der Waals surface area contributed by atoms with Crippen molar-refractivity contribution in [3.8, 4) is 0 Å². The quantitative estimate of drug-likeness (QED) is 0.447. The SMILES string of the molecule is CCOC(=O)C1=C(C)N(O)C(C)=C(C(=O)OCC)C1c1cccc([N+](=O)[O-])c1. The highest BCUT2D eigenvalue weighted by atomic mass is 16.6. The Morgan fingerprint density at radius 1 is 1.11 bits per heavy atom. The molecular weight excluding hydrogens is 368 g/mol. The van der Waals surface area contributed by atoms with Gasteiger partial charge in [-0.3, -0.25) is 15.3 Å². The minimum atomic E-state index is -0.985. The number of allylic oxidation sites excluding steroid dienone is 2. The van der Waals surface area contributed by atoms with Gasteiger partial charge in [0.1, 0.15) is 0 Å². The maximum atomic E-state index is 12.7. The first-order chi connectivity index (χ1) is 13.2. The van der Waals surface area contributed by atoms with E-state index < -0.39 is 22.8 Å². The third-order valence-electron chi connectivity index (χ3n) is 4.40. The van der Waals surface area contributed by atoms with Crippen LogP contribution in [0.3, 0.4) is 0 Å². The highest BCUT2D eigenvalue weighted by Crippen LogP contribution is 2.42. The van der Waals surface area contributed by atoms with Crippen LogP contribution >= 0.6 is 0 Å². The Balaban J connectivity index is 2.76. The van der Waals surface area contributed by atoms with Gasteiger partial charge in [-0.1, -0.05) is 12.1 Å². The standard InChI is InChI=1S/C19H22N2O7/c1-5-27-18(22)15-11(3)20(24)12(4)16(19(23)28-6-2)17(15)13-8-7-9-14(10-13)21(25)26/h7-10,17,24H,5-6H2,1-4H3. The summed E-state index contributed by atoms with van der Waals surface area (Å²) in [5, 5.41) is 22.4. The van der Waals surface area contributed by atoms with Crippen molar-refractivity contribution in [1.29, 1.82) is 0 Å². The Kier molecular flexibility index (Phi) is 6.53. The van der Waals surface area contributed by atoms with Crippen molar-refractivity contribution >= 4 is 17.6 Å². The van der Waals surface area contributed by atoms with Gasteiger partial charge in [-0.15, -0.1) is 0 Å². The number of nitro benzene ring substituents is 1. The molecule has 1 aromatic rings. The lowest BCUT2D eigenvalue weighted by molar-refractivity contribution is -0.384. The zero-order valence-corrected chi connectivity index (χ0v) is 16.1.